The highest BCUT2D eigenvalue weighted by molar-refractivity contribution is 6.29. The number of esters is 2. The van der Waals surface area contributed by atoms with Gasteiger partial charge in [0.2, 0.25) is 0 Å². The van der Waals surface area contributed by atoms with E-state index in [1.807, 2.05) is 0 Å². The molecule has 2 heterocycles. The molecule has 7 nitrogen and oxygen atoms in total. The number of pyridine rings is 1. The van der Waals surface area contributed by atoms with Crippen LogP contribution in [0.25, 0.3) is 0 Å². The largest absolute Gasteiger partial charge is 0.460 e. The van der Waals surface area contributed by atoms with Crippen molar-refractivity contribution in [3.63, 3.8) is 0 Å². The van der Waals surface area contributed by atoms with Crippen molar-refractivity contribution >= 4 is 23.5 Å². The standard InChI is InChI=1S/C31H40ClNO6/c1-15(2)26-23-11-20-17(4)31(37)22(18(5)38-29(36)27(31)34)9-7-16(3)21(20)12-30(23,6)13-24(26)39-28(35)19-8-10-25(32)33-14-19/h7-8,10,14-15,18,20-24,26-27,34,37H,4,9,11-13H2,1-3,5-6H3. The molecule has 2 saturated carbocycles. The van der Waals surface area contributed by atoms with Crippen LogP contribution in [0.3, 0.4) is 0 Å². The monoisotopic (exact) mass is 557 g/mol. The molecule has 39 heavy (non-hydrogen) atoms. The van der Waals surface area contributed by atoms with E-state index in [1.54, 1.807) is 19.1 Å². The molecule has 3 fully saturated rings. The minimum atomic E-state index is -1.76. The number of hydrogen-bond donors (Lipinski definition) is 2. The molecular formula is C31H40ClNO6. The maximum absolute atomic E-state index is 13.1. The molecule has 0 radical (unpaired) electrons. The summed E-state index contributed by atoms with van der Waals surface area (Å²) in [6.07, 6.45) is 3.92. The van der Waals surface area contributed by atoms with Gasteiger partial charge in [0.25, 0.3) is 0 Å². The average molecular weight is 558 g/mol. The van der Waals surface area contributed by atoms with E-state index in [4.69, 9.17) is 21.1 Å². The van der Waals surface area contributed by atoms with E-state index in [0.717, 1.165) is 19.3 Å². The zero-order chi connectivity index (χ0) is 28.4. The van der Waals surface area contributed by atoms with Gasteiger partial charge in [-0.2, -0.15) is 0 Å². The molecule has 0 amide bonds. The summed E-state index contributed by atoms with van der Waals surface area (Å²) < 4.78 is 11.6. The molecule has 0 bridgehead atoms. The van der Waals surface area contributed by atoms with Crippen LogP contribution >= 0.6 is 11.6 Å². The van der Waals surface area contributed by atoms with Crippen LogP contribution in [0.15, 0.2) is 42.1 Å². The highest BCUT2D eigenvalue weighted by Gasteiger charge is 2.62. The summed E-state index contributed by atoms with van der Waals surface area (Å²) in [4.78, 5) is 29.7. The number of cyclic esters (lactones) is 1. The lowest BCUT2D eigenvalue weighted by Crippen LogP contribution is -2.63. The first-order valence-corrected chi connectivity index (χ1v) is 14.4. The van der Waals surface area contributed by atoms with Crippen LogP contribution < -0.4 is 0 Å². The van der Waals surface area contributed by atoms with Gasteiger partial charge in [-0.25, -0.2) is 14.6 Å². The Kier molecular flexibility index (Phi) is 7.26. The third-order valence-corrected chi connectivity index (χ3v) is 10.7. The average Bonchev–Trinajstić information content (AvgIpc) is 3.16. The van der Waals surface area contributed by atoms with Crippen LogP contribution in [0.2, 0.25) is 5.15 Å². The van der Waals surface area contributed by atoms with Gasteiger partial charge < -0.3 is 19.7 Å². The van der Waals surface area contributed by atoms with Crippen molar-refractivity contribution in [3.05, 3.63) is 52.8 Å². The number of halogens is 1. The van der Waals surface area contributed by atoms with Crippen molar-refractivity contribution < 1.29 is 29.3 Å². The molecule has 1 saturated heterocycles. The molecule has 1 aliphatic heterocycles. The zero-order valence-corrected chi connectivity index (χ0v) is 24.1. The maximum Gasteiger partial charge on any atom is 0.339 e. The van der Waals surface area contributed by atoms with Crippen LogP contribution in [-0.2, 0) is 14.3 Å². The Hall–Kier alpha value is -2.22. The summed E-state index contributed by atoms with van der Waals surface area (Å²) in [6, 6.07) is 3.21. The SMILES string of the molecule is C=C1C2CC3C(C(C)C)C(OC(=O)c4ccc(Cl)nc4)CC3(C)CC2C(C)=CCC2C(C)OC(=O)C(O)C12O. The minimum Gasteiger partial charge on any atom is -0.460 e. The molecule has 0 spiro atoms. The van der Waals surface area contributed by atoms with Crippen molar-refractivity contribution in [1.82, 2.24) is 4.98 Å². The summed E-state index contributed by atoms with van der Waals surface area (Å²) in [5.74, 6) is -1.15. The Labute approximate surface area is 235 Å². The zero-order valence-electron chi connectivity index (χ0n) is 23.4. The predicted octanol–water partition coefficient (Wildman–Crippen LogP) is 5.14. The summed E-state index contributed by atoms with van der Waals surface area (Å²) in [5.41, 5.74) is 0.277. The first-order chi connectivity index (χ1) is 18.3. The fourth-order valence-corrected chi connectivity index (χ4v) is 8.54. The molecular weight excluding hydrogens is 518 g/mol. The summed E-state index contributed by atoms with van der Waals surface area (Å²) in [6.45, 7) is 14.9. The topological polar surface area (TPSA) is 106 Å². The van der Waals surface area contributed by atoms with Crippen LogP contribution in [0, 0.1) is 40.9 Å². The number of ether oxygens (including phenoxy) is 2. The fraction of sp³-hybridized carbons (Fsp3) is 0.645. The summed E-state index contributed by atoms with van der Waals surface area (Å²) in [7, 11) is 0. The van der Waals surface area contributed by atoms with Gasteiger partial charge in [0.05, 0.1) is 5.56 Å². The van der Waals surface area contributed by atoms with E-state index in [1.165, 1.54) is 11.8 Å². The van der Waals surface area contributed by atoms with Gasteiger partial charge in [-0.3, -0.25) is 0 Å². The Balaban J connectivity index is 1.48. The number of rotatable bonds is 3. The molecule has 1 aromatic heterocycles. The second-order valence-corrected chi connectivity index (χ2v) is 13.3. The number of allylic oxidation sites excluding steroid dienone is 2. The van der Waals surface area contributed by atoms with E-state index >= 15 is 0 Å². The summed E-state index contributed by atoms with van der Waals surface area (Å²) in [5, 5.41) is 23.3. The van der Waals surface area contributed by atoms with Crippen LogP contribution in [0.1, 0.15) is 70.7 Å². The van der Waals surface area contributed by atoms with Gasteiger partial charge in [0.1, 0.15) is 23.0 Å². The Bertz CT molecular complexity index is 1200. The number of nitrogens with zero attached hydrogens (tertiary/aromatic N) is 1. The Morgan fingerprint density at radius 2 is 1.97 bits per heavy atom. The van der Waals surface area contributed by atoms with Crippen molar-refractivity contribution in [2.45, 2.75) is 84.2 Å². The van der Waals surface area contributed by atoms with Crippen molar-refractivity contribution in [1.29, 1.82) is 0 Å². The third kappa shape index (κ3) is 4.54. The summed E-state index contributed by atoms with van der Waals surface area (Å²) >= 11 is 5.90. The lowest BCUT2D eigenvalue weighted by molar-refractivity contribution is -0.209. The lowest BCUT2D eigenvalue weighted by Gasteiger charge is -2.54. The number of hydrogen-bond acceptors (Lipinski definition) is 7. The van der Waals surface area contributed by atoms with Crippen molar-refractivity contribution in [3.8, 4) is 0 Å². The highest BCUT2D eigenvalue weighted by atomic mass is 35.5. The molecule has 3 aliphatic carbocycles. The number of aromatic nitrogens is 1. The minimum absolute atomic E-state index is 0.0900. The predicted molar refractivity (Wildman–Crippen MR) is 147 cm³/mol. The van der Waals surface area contributed by atoms with E-state index in [9.17, 15) is 19.8 Å². The van der Waals surface area contributed by atoms with Gasteiger partial charge >= 0.3 is 11.9 Å². The number of carbonyl (C=O) groups excluding carboxylic acids is 2. The van der Waals surface area contributed by atoms with Crippen LogP contribution in [-0.4, -0.2) is 51.0 Å². The van der Waals surface area contributed by atoms with Gasteiger partial charge in [-0.15, -0.1) is 0 Å². The second-order valence-electron chi connectivity index (χ2n) is 12.9. The van der Waals surface area contributed by atoms with Gasteiger partial charge in [-0.1, -0.05) is 50.6 Å². The first kappa shape index (κ1) is 28.3. The van der Waals surface area contributed by atoms with Crippen molar-refractivity contribution in [2.24, 2.45) is 40.9 Å². The third-order valence-electron chi connectivity index (χ3n) is 10.4. The molecule has 0 aromatic carbocycles. The van der Waals surface area contributed by atoms with Crippen molar-refractivity contribution in [2.75, 3.05) is 0 Å². The molecule has 212 valence electrons. The Morgan fingerprint density at radius 1 is 1.26 bits per heavy atom. The van der Waals surface area contributed by atoms with E-state index in [0.29, 0.717) is 22.7 Å². The lowest BCUT2D eigenvalue weighted by atomic mass is 9.53. The molecule has 5 rings (SSSR count). The molecule has 2 N–H and O–H groups in total. The van der Waals surface area contributed by atoms with Gasteiger partial charge in [-0.05, 0) is 86.3 Å². The Morgan fingerprint density at radius 3 is 2.62 bits per heavy atom. The molecule has 8 heteroatoms. The quantitative estimate of drug-likeness (QED) is 0.301. The second kappa shape index (κ2) is 10.0. The number of aliphatic hydroxyl groups excluding tert-OH is 1. The van der Waals surface area contributed by atoms with Gasteiger partial charge in [0.15, 0.2) is 6.10 Å². The molecule has 10 atom stereocenters. The smallest absolute Gasteiger partial charge is 0.339 e. The first-order valence-electron chi connectivity index (χ1n) is 14.1. The molecule has 4 aliphatic rings. The number of carbonyl (C=O) groups is 2. The van der Waals surface area contributed by atoms with E-state index in [-0.39, 0.29) is 41.1 Å². The number of aliphatic hydroxyl groups is 2. The van der Waals surface area contributed by atoms with E-state index in [2.05, 4.69) is 45.3 Å². The maximum atomic E-state index is 13.1. The fourth-order valence-electron chi connectivity index (χ4n) is 8.43. The normalized spacial score (nSPS) is 41.9. The van der Waals surface area contributed by atoms with E-state index < -0.39 is 35.7 Å². The molecule has 1 aromatic rings. The van der Waals surface area contributed by atoms with Gasteiger partial charge in [0, 0.05) is 18.0 Å². The van der Waals surface area contributed by atoms with Crippen LogP contribution in [0.5, 0.6) is 0 Å². The van der Waals surface area contributed by atoms with Crippen LogP contribution in [0.4, 0.5) is 0 Å². The highest BCUT2D eigenvalue weighted by Crippen LogP contribution is 2.63. The molecule has 10 unspecified atom stereocenters. The number of fused-ring (bicyclic) bond motifs is 3.